The molecule has 1 aliphatic heterocycles. The van der Waals surface area contributed by atoms with Crippen molar-refractivity contribution < 1.29 is 19.2 Å². The third kappa shape index (κ3) is 5.85. The molecule has 6 nitrogen and oxygen atoms in total. The van der Waals surface area contributed by atoms with Crippen LogP contribution in [0.4, 0.5) is 0 Å². The number of carbonyl (C=O) groups excluding carboxylic acids is 1. The molecule has 6 heteroatoms. The lowest BCUT2D eigenvalue weighted by molar-refractivity contribution is -0.885. The van der Waals surface area contributed by atoms with Crippen LogP contribution in [0.3, 0.4) is 0 Å². The fourth-order valence-corrected chi connectivity index (χ4v) is 2.68. The van der Waals surface area contributed by atoms with Crippen molar-refractivity contribution in [3.05, 3.63) is 29.8 Å². The molecule has 1 aromatic carbocycles. The first-order valence-corrected chi connectivity index (χ1v) is 8.58. The Labute approximate surface area is 143 Å². The highest BCUT2D eigenvalue weighted by Crippen LogP contribution is 2.11. The predicted molar refractivity (Wildman–Crippen MR) is 93.8 cm³/mol. The maximum Gasteiger partial charge on any atom is 0.292 e. The SMILES string of the molecule is COc1ccc(C(=O)NC(=NCC[NH+]2CCCC2)OC(C)C)cc1. The van der Waals surface area contributed by atoms with E-state index in [1.165, 1.54) is 25.9 Å². The van der Waals surface area contributed by atoms with Gasteiger partial charge in [0.25, 0.3) is 11.9 Å². The normalized spacial score (nSPS) is 15.6. The average Bonchev–Trinajstić information content (AvgIpc) is 3.07. The Morgan fingerprint density at radius 3 is 2.50 bits per heavy atom. The summed E-state index contributed by atoms with van der Waals surface area (Å²) in [6.45, 7) is 7.90. The lowest BCUT2D eigenvalue weighted by Gasteiger charge is -2.14. The van der Waals surface area contributed by atoms with Crippen molar-refractivity contribution in [1.82, 2.24) is 5.32 Å². The first-order valence-electron chi connectivity index (χ1n) is 8.58. The van der Waals surface area contributed by atoms with E-state index < -0.39 is 0 Å². The lowest BCUT2D eigenvalue weighted by Crippen LogP contribution is -3.10. The number of rotatable bonds is 6. The largest absolute Gasteiger partial charge is 0.497 e. The summed E-state index contributed by atoms with van der Waals surface area (Å²) in [4.78, 5) is 18.4. The number of quaternary nitrogens is 1. The molecule has 2 rings (SSSR count). The van der Waals surface area contributed by atoms with Gasteiger partial charge in [0.1, 0.15) is 5.75 Å². The number of hydrogen-bond acceptors (Lipinski definition) is 4. The average molecular weight is 334 g/mol. The predicted octanol–water partition coefficient (Wildman–Crippen LogP) is 0.885. The number of amides is 1. The molecule has 132 valence electrons. The molecule has 1 saturated heterocycles. The molecule has 1 amide bonds. The van der Waals surface area contributed by atoms with Crippen molar-refractivity contribution in [2.75, 3.05) is 33.3 Å². The molecule has 1 aliphatic rings. The Balaban J connectivity index is 1.93. The molecule has 1 fully saturated rings. The van der Waals surface area contributed by atoms with Gasteiger partial charge in [0.15, 0.2) is 0 Å². The summed E-state index contributed by atoms with van der Waals surface area (Å²) in [6, 6.07) is 7.24. The summed E-state index contributed by atoms with van der Waals surface area (Å²) < 4.78 is 10.7. The van der Waals surface area contributed by atoms with Crippen LogP contribution >= 0.6 is 0 Å². The van der Waals surface area contributed by atoms with E-state index >= 15 is 0 Å². The molecule has 1 heterocycles. The zero-order valence-corrected chi connectivity index (χ0v) is 14.8. The number of methoxy groups -OCH3 is 1. The lowest BCUT2D eigenvalue weighted by atomic mass is 10.2. The van der Waals surface area contributed by atoms with Gasteiger partial charge in [0.2, 0.25) is 0 Å². The second kappa shape index (κ2) is 9.27. The fraction of sp³-hybridized carbons (Fsp3) is 0.556. The van der Waals surface area contributed by atoms with Crippen molar-refractivity contribution in [3.8, 4) is 5.75 Å². The van der Waals surface area contributed by atoms with E-state index in [0.717, 1.165) is 6.54 Å². The van der Waals surface area contributed by atoms with E-state index in [9.17, 15) is 4.79 Å². The van der Waals surface area contributed by atoms with Crippen LogP contribution in [-0.2, 0) is 4.74 Å². The van der Waals surface area contributed by atoms with Crippen LogP contribution in [0.5, 0.6) is 5.75 Å². The number of ether oxygens (including phenoxy) is 2. The molecule has 0 spiro atoms. The highest BCUT2D eigenvalue weighted by atomic mass is 16.5. The Morgan fingerprint density at radius 1 is 1.25 bits per heavy atom. The highest BCUT2D eigenvalue weighted by molar-refractivity contribution is 6.04. The van der Waals surface area contributed by atoms with Crippen molar-refractivity contribution >= 4 is 11.9 Å². The molecule has 1 aromatic rings. The number of aliphatic imine (C=N–C) groups is 1. The van der Waals surface area contributed by atoms with Crippen LogP contribution in [0.1, 0.15) is 37.0 Å². The molecule has 0 bridgehead atoms. The molecule has 0 aromatic heterocycles. The van der Waals surface area contributed by atoms with Gasteiger partial charge in [-0.3, -0.25) is 10.1 Å². The molecule has 2 N–H and O–H groups in total. The van der Waals surface area contributed by atoms with E-state index in [2.05, 4.69) is 10.3 Å². The number of hydrogen-bond donors (Lipinski definition) is 2. The Morgan fingerprint density at radius 2 is 1.92 bits per heavy atom. The van der Waals surface area contributed by atoms with E-state index in [-0.39, 0.29) is 12.0 Å². The quantitative estimate of drug-likeness (QED) is 0.600. The maximum atomic E-state index is 12.3. The van der Waals surface area contributed by atoms with Gasteiger partial charge in [-0.25, -0.2) is 4.99 Å². The first kappa shape index (κ1) is 18.3. The van der Waals surface area contributed by atoms with Crippen molar-refractivity contribution in [2.45, 2.75) is 32.8 Å². The molecule has 0 atom stereocenters. The van der Waals surface area contributed by atoms with Crippen molar-refractivity contribution in [1.29, 1.82) is 0 Å². The summed E-state index contributed by atoms with van der Waals surface area (Å²) in [5.74, 6) is 0.484. The van der Waals surface area contributed by atoms with Gasteiger partial charge in [0.05, 0.1) is 39.4 Å². The van der Waals surface area contributed by atoms with Gasteiger partial charge in [-0.2, -0.15) is 0 Å². The minimum absolute atomic E-state index is 0.0425. The van der Waals surface area contributed by atoms with Crippen molar-refractivity contribution in [3.63, 3.8) is 0 Å². The molecule has 0 saturated carbocycles. The van der Waals surface area contributed by atoms with Gasteiger partial charge in [-0.05, 0) is 38.1 Å². The number of nitrogens with zero attached hydrogens (tertiary/aromatic N) is 1. The van der Waals surface area contributed by atoms with Crippen molar-refractivity contribution in [2.24, 2.45) is 4.99 Å². The first-order chi connectivity index (χ1) is 11.6. The van der Waals surface area contributed by atoms with E-state index in [1.807, 2.05) is 13.8 Å². The van der Waals surface area contributed by atoms with Crippen LogP contribution in [0.25, 0.3) is 0 Å². The Kier molecular flexibility index (Phi) is 7.06. The summed E-state index contributed by atoms with van der Waals surface area (Å²) in [7, 11) is 1.60. The minimum Gasteiger partial charge on any atom is -0.497 e. The Bertz CT molecular complexity index is 549. The smallest absolute Gasteiger partial charge is 0.292 e. The summed E-state index contributed by atoms with van der Waals surface area (Å²) in [5.41, 5.74) is 0.543. The highest BCUT2D eigenvalue weighted by Gasteiger charge is 2.15. The van der Waals surface area contributed by atoms with E-state index in [0.29, 0.717) is 23.9 Å². The van der Waals surface area contributed by atoms with Crippen LogP contribution in [0.15, 0.2) is 29.3 Å². The van der Waals surface area contributed by atoms with Crippen LogP contribution in [-0.4, -0.2) is 51.3 Å². The number of nitrogens with one attached hydrogen (secondary N) is 2. The molecule has 0 aliphatic carbocycles. The third-order valence-electron chi connectivity index (χ3n) is 3.95. The zero-order chi connectivity index (χ0) is 17.4. The molecular weight excluding hydrogens is 306 g/mol. The number of benzene rings is 1. The van der Waals surface area contributed by atoms with Crippen LogP contribution in [0.2, 0.25) is 0 Å². The standard InChI is InChI=1S/C18H27N3O3/c1-14(2)24-18(19-10-13-21-11-4-5-12-21)20-17(22)15-6-8-16(23-3)9-7-15/h6-9,14H,4-5,10-13H2,1-3H3,(H,19,20,22)/p+1. The monoisotopic (exact) mass is 334 g/mol. The third-order valence-corrected chi connectivity index (χ3v) is 3.95. The van der Waals surface area contributed by atoms with Crippen LogP contribution in [0, 0.1) is 0 Å². The summed E-state index contributed by atoms with van der Waals surface area (Å²) in [5, 5.41) is 2.77. The topological polar surface area (TPSA) is 64.4 Å². The second-order valence-corrected chi connectivity index (χ2v) is 6.24. The summed E-state index contributed by atoms with van der Waals surface area (Å²) in [6.07, 6.45) is 2.55. The van der Waals surface area contributed by atoms with Crippen LogP contribution < -0.4 is 15.0 Å². The number of likely N-dealkylation sites (tertiary alicyclic amines) is 1. The molecule has 24 heavy (non-hydrogen) atoms. The number of amidine groups is 1. The van der Waals surface area contributed by atoms with Gasteiger partial charge < -0.3 is 14.4 Å². The fourth-order valence-electron chi connectivity index (χ4n) is 2.68. The zero-order valence-electron chi connectivity index (χ0n) is 14.8. The minimum atomic E-state index is -0.231. The van der Waals surface area contributed by atoms with Gasteiger partial charge in [-0.15, -0.1) is 0 Å². The van der Waals surface area contributed by atoms with Gasteiger partial charge in [-0.1, -0.05) is 0 Å². The molecular formula is C18H28N3O3+. The van der Waals surface area contributed by atoms with E-state index in [1.54, 1.807) is 36.3 Å². The van der Waals surface area contributed by atoms with Gasteiger partial charge >= 0.3 is 0 Å². The van der Waals surface area contributed by atoms with E-state index in [4.69, 9.17) is 9.47 Å². The molecule has 0 radical (unpaired) electrons. The Hall–Kier alpha value is -2.08. The van der Waals surface area contributed by atoms with Gasteiger partial charge in [0, 0.05) is 18.4 Å². The molecule has 0 unspecified atom stereocenters. The second-order valence-electron chi connectivity index (χ2n) is 6.24. The summed E-state index contributed by atoms with van der Waals surface area (Å²) >= 11 is 0. The maximum absolute atomic E-state index is 12.3. The number of carbonyl (C=O) groups is 1.